The highest BCUT2D eigenvalue weighted by atomic mass is 32.2. The van der Waals surface area contributed by atoms with E-state index in [9.17, 15) is 8.42 Å². The first-order valence-electron chi connectivity index (χ1n) is 9.73. The van der Waals surface area contributed by atoms with Crippen LogP contribution in [0.1, 0.15) is 30.6 Å². The van der Waals surface area contributed by atoms with E-state index >= 15 is 0 Å². The molecule has 0 aliphatic carbocycles. The normalized spacial score (nSPS) is 17.9. The number of sulfonamides is 1. The predicted molar refractivity (Wildman–Crippen MR) is 114 cm³/mol. The summed E-state index contributed by atoms with van der Waals surface area (Å²) in [5.74, 6) is 0.782. The molecule has 1 heterocycles. The third kappa shape index (κ3) is 3.99. The van der Waals surface area contributed by atoms with Crippen LogP contribution in [-0.2, 0) is 16.6 Å². The van der Waals surface area contributed by atoms with Crippen LogP contribution >= 0.6 is 0 Å². The molecule has 0 spiro atoms. The Bertz CT molecular complexity index is 1070. The molecule has 29 heavy (non-hydrogen) atoms. The summed E-state index contributed by atoms with van der Waals surface area (Å²) >= 11 is 0. The lowest BCUT2D eigenvalue weighted by atomic mass is 10.1. The Kier molecular flexibility index (Phi) is 5.56. The van der Waals surface area contributed by atoms with Crippen LogP contribution in [0.2, 0.25) is 0 Å². The molecule has 150 valence electrons. The minimum absolute atomic E-state index is 0.281. The smallest absolute Gasteiger partial charge is 0.247 e. The zero-order chi connectivity index (χ0) is 20.3. The molecule has 3 aromatic carbocycles. The molecule has 1 N–H and O–H groups in total. The monoisotopic (exact) mass is 408 g/mol. The summed E-state index contributed by atoms with van der Waals surface area (Å²) in [6.07, 6.45) is 0.432. The van der Waals surface area contributed by atoms with Crippen molar-refractivity contribution in [1.29, 1.82) is 0 Å². The number of anilines is 1. The maximum atomic E-state index is 13.5. The highest BCUT2D eigenvalue weighted by molar-refractivity contribution is 7.89. The highest BCUT2D eigenvalue weighted by Crippen LogP contribution is 2.39. The van der Waals surface area contributed by atoms with Crippen molar-refractivity contribution in [2.75, 3.05) is 11.9 Å². The third-order valence-corrected chi connectivity index (χ3v) is 6.77. The van der Waals surface area contributed by atoms with E-state index in [2.05, 4.69) is 12.2 Å². The van der Waals surface area contributed by atoms with Gasteiger partial charge in [-0.3, -0.25) is 0 Å². The van der Waals surface area contributed by atoms with Crippen molar-refractivity contribution < 1.29 is 13.2 Å². The maximum Gasteiger partial charge on any atom is 0.247 e. The fraction of sp³-hybridized carbons (Fsp3) is 0.217. The van der Waals surface area contributed by atoms with E-state index in [-0.39, 0.29) is 6.54 Å². The zero-order valence-electron chi connectivity index (χ0n) is 16.3. The molecular weight excluding hydrogens is 384 g/mol. The second kappa shape index (κ2) is 8.27. The van der Waals surface area contributed by atoms with Gasteiger partial charge in [0.2, 0.25) is 10.0 Å². The van der Waals surface area contributed by atoms with E-state index in [1.54, 1.807) is 18.2 Å². The number of nitrogens with one attached hydrogen (secondary N) is 1. The minimum Gasteiger partial charge on any atom is -0.494 e. The van der Waals surface area contributed by atoms with Crippen molar-refractivity contribution >= 4 is 15.7 Å². The highest BCUT2D eigenvalue weighted by Gasteiger charge is 2.38. The number of ether oxygens (including phenoxy) is 1. The lowest BCUT2D eigenvalue weighted by molar-refractivity contribution is 0.316. The number of para-hydroxylation sites is 1. The van der Waals surface area contributed by atoms with E-state index in [1.807, 2.05) is 60.7 Å². The van der Waals surface area contributed by atoms with E-state index in [1.165, 1.54) is 4.31 Å². The summed E-state index contributed by atoms with van der Waals surface area (Å²) in [6, 6.07) is 24.3. The van der Waals surface area contributed by atoms with E-state index in [4.69, 9.17) is 4.74 Å². The Labute approximate surface area is 172 Å². The molecule has 0 radical (unpaired) electrons. The summed E-state index contributed by atoms with van der Waals surface area (Å²) < 4.78 is 34.1. The van der Waals surface area contributed by atoms with Crippen molar-refractivity contribution in [1.82, 2.24) is 4.31 Å². The van der Waals surface area contributed by atoms with E-state index in [0.29, 0.717) is 17.2 Å². The van der Waals surface area contributed by atoms with Gasteiger partial charge in [-0.1, -0.05) is 61.5 Å². The molecule has 6 heteroatoms. The Hall–Kier alpha value is -2.83. The van der Waals surface area contributed by atoms with Gasteiger partial charge in [0.05, 0.1) is 12.3 Å². The second-order valence-corrected chi connectivity index (χ2v) is 8.86. The third-order valence-electron chi connectivity index (χ3n) is 4.90. The van der Waals surface area contributed by atoms with Gasteiger partial charge in [-0.05, 0) is 41.8 Å². The van der Waals surface area contributed by atoms with Crippen molar-refractivity contribution in [3.63, 3.8) is 0 Å². The molecule has 0 aromatic heterocycles. The number of benzene rings is 3. The predicted octanol–water partition coefficient (Wildman–Crippen LogP) is 4.79. The molecule has 0 unspecified atom stereocenters. The Balaban J connectivity index is 1.73. The van der Waals surface area contributed by atoms with Gasteiger partial charge in [0.1, 0.15) is 16.8 Å². The van der Waals surface area contributed by atoms with Gasteiger partial charge in [0.25, 0.3) is 0 Å². The van der Waals surface area contributed by atoms with Crippen molar-refractivity contribution in [3.05, 3.63) is 90.0 Å². The Morgan fingerprint density at radius 1 is 0.931 bits per heavy atom. The van der Waals surface area contributed by atoms with Crippen LogP contribution in [0.15, 0.2) is 83.8 Å². The molecule has 1 aliphatic heterocycles. The first kappa shape index (κ1) is 19.5. The van der Waals surface area contributed by atoms with Gasteiger partial charge in [0, 0.05) is 6.54 Å². The van der Waals surface area contributed by atoms with Crippen molar-refractivity contribution in [2.45, 2.75) is 31.0 Å². The van der Waals surface area contributed by atoms with Gasteiger partial charge >= 0.3 is 0 Å². The molecule has 4 rings (SSSR count). The van der Waals surface area contributed by atoms with Gasteiger partial charge in [-0.15, -0.1) is 0 Å². The summed E-state index contributed by atoms with van der Waals surface area (Å²) in [4.78, 5) is 0.301. The van der Waals surface area contributed by atoms with E-state index in [0.717, 1.165) is 23.3 Å². The topological polar surface area (TPSA) is 58.6 Å². The number of fused-ring (bicyclic) bond motifs is 1. The van der Waals surface area contributed by atoms with Crippen LogP contribution in [0.25, 0.3) is 0 Å². The van der Waals surface area contributed by atoms with Crippen LogP contribution in [0.5, 0.6) is 5.75 Å². The molecule has 0 fully saturated rings. The first-order chi connectivity index (χ1) is 14.1. The average Bonchev–Trinajstić information content (AvgIpc) is 2.75. The van der Waals surface area contributed by atoms with Gasteiger partial charge in [-0.25, -0.2) is 8.42 Å². The van der Waals surface area contributed by atoms with Gasteiger partial charge < -0.3 is 10.1 Å². The minimum atomic E-state index is -3.66. The SMILES string of the molecule is CCCOc1ccc([C@@H]2Nc3ccccc3S(=O)(=O)N2Cc2ccccc2)cc1. The van der Waals surface area contributed by atoms with Crippen molar-refractivity contribution in [3.8, 4) is 5.75 Å². The van der Waals surface area contributed by atoms with Crippen molar-refractivity contribution in [2.24, 2.45) is 0 Å². The quantitative estimate of drug-likeness (QED) is 0.637. The number of hydrogen-bond donors (Lipinski definition) is 1. The largest absolute Gasteiger partial charge is 0.494 e. The molecule has 0 saturated heterocycles. The van der Waals surface area contributed by atoms with Crippen LogP contribution in [0, 0.1) is 0 Å². The Morgan fingerprint density at radius 2 is 1.62 bits per heavy atom. The number of hydrogen-bond acceptors (Lipinski definition) is 4. The molecular formula is C23H24N2O3S. The average molecular weight is 409 g/mol. The molecule has 1 aliphatic rings. The molecule has 1 atom stereocenters. The standard InChI is InChI=1S/C23H24N2O3S/c1-2-16-28-20-14-12-19(13-15-20)23-24-21-10-6-7-11-22(21)29(26,27)25(23)17-18-8-4-3-5-9-18/h3-15,23-24H,2,16-17H2,1H3/t23-/m1/s1. The molecule has 5 nitrogen and oxygen atoms in total. The summed E-state index contributed by atoms with van der Waals surface area (Å²) in [5, 5.41) is 3.41. The fourth-order valence-corrected chi connectivity index (χ4v) is 5.13. The summed E-state index contributed by atoms with van der Waals surface area (Å²) in [5.41, 5.74) is 2.42. The number of nitrogens with zero attached hydrogens (tertiary/aromatic N) is 1. The molecule has 3 aromatic rings. The first-order valence-corrected chi connectivity index (χ1v) is 11.2. The van der Waals surface area contributed by atoms with E-state index < -0.39 is 16.2 Å². The van der Waals surface area contributed by atoms with Crippen LogP contribution in [-0.4, -0.2) is 19.3 Å². The van der Waals surface area contributed by atoms with Crippen LogP contribution < -0.4 is 10.1 Å². The summed E-state index contributed by atoms with van der Waals surface area (Å²) in [7, 11) is -3.66. The summed E-state index contributed by atoms with van der Waals surface area (Å²) in [6.45, 7) is 3.00. The Morgan fingerprint density at radius 3 is 2.34 bits per heavy atom. The second-order valence-electron chi connectivity index (χ2n) is 7.00. The fourth-order valence-electron chi connectivity index (χ4n) is 3.45. The number of rotatable bonds is 6. The van der Waals surface area contributed by atoms with Gasteiger partial charge in [0.15, 0.2) is 0 Å². The molecule has 0 bridgehead atoms. The van der Waals surface area contributed by atoms with Crippen LogP contribution in [0.3, 0.4) is 0 Å². The maximum absolute atomic E-state index is 13.5. The van der Waals surface area contributed by atoms with Gasteiger partial charge in [-0.2, -0.15) is 4.31 Å². The lowest BCUT2D eigenvalue weighted by Gasteiger charge is -2.37. The molecule has 0 saturated carbocycles. The molecule has 0 amide bonds. The van der Waals surface area contributed by atoms with Crippen LogP contribution in [0.4, 0.5) is 5.69 Å². The zero-order valence-corrected chi connectivity index (χ0v) is 17.1. The lowest BCUT2D eigenvalue weighted by Crippen LogP contribution is -2.42.